The van der Waals surface area contributed by atoms with E-state index in [1.54, 1.807) is 11.7 Å². The molecule has 1 heterocycles. The van der Waals surface area contributed by atoms with Crippen molar-refractivity contribution in [3.63, 3.8) is 0 Å². The lowest BCUT2D eigenvalue weighted by Gasteiger charge is -1.95. The Morgan fingerprint density at radius 3 is 2.55 bits per heavy atom. The van der Waals surface area contributed by atoms with Crippen LogP contribution in [0.3, 0.4) is 0 Å². The minimum Gasteiger partial charge on any atom is -0.258 e. The number of nitrogens with zero attached hydrogens (tertiary/aromatic N) is 3. The quantitative estimate of drug-likeness (QED) is 0.605. The van der Waals surface area contributed by atoms with Crippen LogP contribution in [-0.2, 0) is 7.05 Å². The summed E-state index contributed by atoms with van der Waals surface area (Å²) in [6.07, 6.45) is 0. The fraction of sp³-hybridized carbons (Fsp3) is 0.500. The maximum Gasteiger partial charge on any atom is 0.138 e. The molecule has 0 saturated carbocycles. The number of aryl methyl sites for hydroxylation is 1. The van der Waals surface area contributed by atoms with Gasteiger partial charge in [-0.3, -0.25) is 4.68 Å². The number of hydrogen-bond donors (Lipinski definition) is 0. The van der Waals surface area contributed by atoms with E-state index in [9.17, 15) is 0 Å². The molecule has 0 spiro atoms. The fourth-order valence-electron chi connectivity index (χ4n) is 0.876. The molecule has 0 amide bonds. The van der Waals surface area contributed by atoms with Crippen LogP contribution in [0.4, 0.5) is 0 Å². The molecule has 0 bridgehead atoms. The van der Waals surface area contributed by atoms with E-state index in [1.807, 2.05) is 6.07 Å². The molecular formula is C8H11N3. The summed E-state index contributed by atoms with van der Waals surface area (Å²) in [6.45, 7) is 4.12. The van der Waals surface area contributed by atoms with Crippen molar-refractivity contribution >= 4 is 0 Å². The highest BCUT2D eigenvalue weighted by atomic mass is 15.3. The molecule has 1 aromatic heterocycles. The van der Waals surface area contributed by atoms with Crippen LogP contribution in [0, 0.1) is 11.3 Å². The summed E-state index contributed by atoms with van der Waals surface area (Å²) in [4.78, 5) is 0. The molecule has 0 aliphatic carbocycles. The van der Waals surface area contributed by atoms with Crippen molar-refractivity contribution in [3.8, 4) is 6.07 Å². The molecule has 11 heavy (non-hydrogen) atoms. The predicted octanol–water partition coefficient (Wildman–Crippen LogP) is 1.42. The second-order valence-corrected chi connectivity index (χ2v) is 2.84. The van der Waals surface area contributed by atoms with E-state index < -0.39 is 0 Å². The molecule has 1 aromatic rings. The van der Waals surface area contributed by atoms with Crippen LogP contribution in [0.2, 0.25) is 0 Å². The topological polar surface area (TPSA) is 41.6 Å². The third-order valence-corrected chi connectivity index (χ3v) is 1.60. The number of nitriles is 1. The van der Waals surface area contributed by atoms with Gasteiger partial charge in [0, 0.05) is 7.05 Å². The van der Waals surface area contributed by atoms with Gasteiger partial charge in [0.05, 0.1) is 5.69 Å². The molecule has 0 N–H and O–H groups in total. The van der Waals surface area contributed by atoms with Crippen LogP contribution in [0.25, 0.3) is 0 Å². The van der Waals surface area contributed by atoms with Crippen molar-refractivity contribution in [2.45, 2.75) is 19.8 Å². The third-order valence-electron chi connectivity index (χ3n) is 1.60. The van der Waals surface area contributed by atoms with Gasteiger partial charge in [0.2, 0.25) is 0 Å². The molecule has 0 saturated heterocycles. The Hall–Kier alpha value is -1.30. The summed E-state index contributed by atoms with van der Waals surface area (Å²) in [6, 6.07) is 3.90. The van der Waals surface area contributed by atoms with E-state index in [1.165, 1.54) is 0 Å². The number of hydrogen-bond acceptors (Lipinski definition) is 2. The SMILES string of the molecule is CC(C)c1cc(C#N)n(C)n1. The van der Waals surface area contributed by atoms with E-state index >= 15 is 0 Å². The monoisotopic (exact) mass is 149 g/mol. The van der Waals surface area contributed by atoms with Gasteiger partial charge < -0.3 is 0 Å². The van der Waals surface area contributed by atoms with Gasteiger partial charge in [-0.15, -0.1) is 0 Å². The highest BCUT2D eigenvalue weighted by molar-refractivity contribution is 5.24. The first kappa shape index (κ1) is 7.80. The van der Waals surface area contributed by atoms with Crippen LogP contribution in [0.1, 0.15) is 31.2 Å². The highest BCUT2D eigenvalue weighted by Gasteiger charge is 2.06. The summed E-state index contributed by atoms with van der Waals surface area (Å²) < 4.78 is 1.61. The standard InChI is InChI=1S/C8H11N3/c1-6(2)8-4-7(5-9)11(3)10-8/h4,6H,1-3H3. The predicted molar refractivity (Wildman–Crippen MR) is 42.0 cm³/mol. The second-order valence-electron chi connectivity index (χ2n) is 2.84. The van der Waals surface area contributed by atoms with E-state index in [-0.39, 0.29) is 0 Å². The van der Waals surface area contributed by atoms with Crippen LogP contribution >= 0.6 is 0 Å². The van der Waals surface area contributed by atoms with Gasteiger partial charge in [0.15, 0.2) is 0 Å². The zero-order valence-electron chi connectivity index (χ0n) is 7.00. The van der Waals surface area contributed by atoms with Gasteiger partial charge in [0.25, 0.3) is 0 Å². The largest absolute Gasteiger partial charge is 0.258 e. The van der Waals surface area contributed by atoms with Gasteiger partial charge >= 0.3 is 0 Å². The molecule has 0 unspecified atom stereocenters. The molecule has 3 nitrogen and oxygen atoms in total. The molecule has 1 rings (SSSR count). The Balaban J connectivity index is 3.07. The lowest BCUT2D eigenvalue weighted by Crippen LogP contribution is -1.95. The van der Waals surface area contributed by atoms with Gasteiger partial charge in [0.1, 0.15) is 11.8 Å². The average molecular weight is 149 g/mol. The lowest BCUT2D eigenvalue weighted by molar-refractivity contribution is 0.707. The third kappa shape index (κ3) is 1.40. The van der Waals surface area contributed by atoms with E-state index in [4.69, 9.17) is 5.26 Å². The molecular weight excluding hydrogens is 138 g/mol. The number of aromatic nitrogens is 2. The highest BCUT2D eigenvalue weighted by Crippen LogP contribution is 2.12. The van der Waals surface area contributed by atoms with Crippen molar-refractivity contribution in [2.24, 2.45) is 7.05 Å². The molecule has 58 valence electrons. The first-order chi connectivity index (χ1) is 5.15. The Labute approximate surface area is 66.3 Å². The Kier molecular flexibility index (Phi) is 1.95. The summed E-state index contributed by atoms with van der Waals surface area (Å²) in [5, 5.41) is 12.8. The summed E-state index contributed by atoms with van der Waals surface area (Å²) >= 11 is 0. The van der Waals surface area contributed by atoms with Crippen molar-refractivity contribution in [1.82, 2.24) is 9.78 Å². The van der Waals surface area contributed by atoms with Crippen LogP contribution in [0.15, 0.2) is 6.07 Å². The number of rotatable bonds is 1. The zero-order valence-corrected chi connectivity index (χ0v) is 7.00. The van der Waals surface area contributed by atoms with Crippen LogP contribution in [0.5, 0.6) is 0 Å². The minimum atomic E-state index is 0.392. The Morgan fingerprint density at radius 2 is 2.27 bits per heavy atom. The van der Waals surface area contributed by atoms with Crippen molar-refractivity contribution < 1.29 is 0 Å². The maximum atomic E-state index is 8.60. The second kappa shape index (κ2) is 2.75. The summed E-state index contributed by atoms with van der Waals surface area (Å²) in [5.74, 6) is 0.392. The van der Waals surface area contributed by atoms with Gasteiger partial charge in [-0.1, -0.05) is 13.8 Å². The van der Waals surface area contributed by atoms with Crippen molar-refractivity contribution in [2.75, 3.05) is 0 Å². The summed E-state index contributed by atoms with van der Waals surface area (Å²) in [7, 11) is 1.78. The average Bonchev–Trinajstić information content (AvgIpc) is 2.31. The molecule has 0 radical (unpaired) electrons. The normalized spacial score (nSPS) is 10.1. The Morgan fingerprint density at radius 1 is 1.64 bits per heavy atom. The molecule has 0 aromatic carbocycles. The molecule has 0 fully saturated rings. The van der Waals surface area contributed by atoms with Crippen LogP contribution < -0.4 is 0 Å². The molecule has 0 atom stereocenters. The van der Waals surface area contributed by atoms with Gasteiger partial charge in [-0.05, 0) is 12.0 Å². The summed E-state index contributed by atoms with van der Waals surface area (Å²) in [5.41, 5.74) is 1.60. The van der Waals surface area contributed by atoms with E-state index in [0.29, 0.717) is 11.6 Å². The minimum absolute atomic E-state index is 0.392. The molecule has 0 aliphatic rings. The van der Waals surface area contributed by atoms with Gasteiger partial charge in [-0.25, -0.2) is 0 Å². The smallest absolute Gasteiger partial charge is 0.138 e. The van der Waals surface area contributed by atoms with Crippen molar-refractivity contribution in [1.29, 1.82) is 5.26 Å². The van der Waals surface area contributed by atoms with Gasteiger partial charge in [-0.2, -0.15) is 10.4 Å². The fourth-order valence-corrected chi connectivity index (χ4v) is 0.876. The lowest BCUT2D eigenvalue weighted by atomic mass is 10.1. The maximum absolute atomic E-state index is 8.60. The molecule has 3 heteroatoms. The first-order valence-electron chi connectivity index (χ1n) is 3.59. The van der Waals surface area contributed by atoms with E-state index in [0.717, 1.165) is 5.69 Å². The first-order valence-corrected chi connectivity index (χ1v) is 3.59. The Bertz CT molecular complexity index is 291. The van der Waals surface area contributed by atoms with E-state index in [2.05, 4.69) is 25.0 Å². The molecule has 0 aliphatic heterocycles. The van der Waals surface area contributed by atoms with Crippen LogP contribution in [-0.4, -0.2) is 9.78 Å². The van der Waals surface area contributed by atoms with Crippen molar-refractivity contribution in [3.05, 3.63) is 17.5 Å². The zero-order chi connectivity index (χ0) is 8.43.